The normalized spacial score (nSPS) is 20.2. The number of rotatable bonds is 29. The maximum absolute atomic E-state index is 13.1. The Hall–Kier alpha value is -15.9. The molecular weight excluding hydrogens is 1920 g/mol. The predicted molar refractivity (Wildman–Crippen MR) is 559 cm³/mol. The van der Waals surface area contributed by atoms with E-state index in [0.717, 1.165) is 124 Å². The number of para-hydroxylation sites is 1. The van der Waals surface area contributed by atoms with Gasteiger partial charge in [-0.25, -0.2) is 33.2 Å². The molecule has 1 amide bonds. The van der Waals surface area contributed by atoms with Crippen molar-refractivity contribution in [1.82, 2.24) is 53.5 Å². The highest BCUT2D eigenvalue weighted by Crippen LogP contribution is 2.50. The highest BCUT2D eigenvalue weighted by atomic mass is 16.6. The number of imidazole rings is 2. The number of aryl methyl sites for hydroxylation is 2. The Balaban J connectivity index is 0.000000128. The third kappa shape index (κ3) is 24.9. The molecule has 13 aromatic rings. The number of non-ortho nitro benzene ring substituents is 2. The number of anilines is 1. The standard InChI is InChI=1S/C21H29NO5.C20H26N2O3.C20H25NO4.C17H11N5O4.C17H14N4O3.C17H22N2O4/c1-14(23)21(2)13-22(20(24)26-4)12-17(21)15-9-10-18(25-3)19(11-15)27-16-7-5-6-8-16;1-13(12-22-8-7-21-20(22)23)15-5-6-17(24-2)19(11-15)25-18-10-14-3-4-16(18)9-14;1-24-17-7-6-15(12-18(17)25-16-4-2-3-5-16)20(13-21)10-8-14(9-11-20)19(22)23;23-16-14-15(19-10-18-14)20(12-7-4-8-13(9-12)22(25)26)17(24)21(16)11-5-2-1-3-6-11;22-17-14-5-2-8-18-16(14)15(19-20(17)10-11-6-7-11)12-3-1-4-13(9-12)21(23)24;1-11-17(12(2)23-19-11)18-9-13-4-5-15(20-3)16(8-13)22-14-6-7-21-10-14/h9-11,16-17H,5-8,12-13H2,1-4H3;5-8,11,13-14,16,18H,3-4,9-10,12H2,1-2H3,(H,21,23);6-7,12,14,16H,2-5,8-11H2,1H3,(H,22,23);1-10H,(H,18,19);1-5,8-9,11H,6-7,10H2;4-5,8,14,18H,6-7,9-10H2,1-3H3/t17-,21-;;;;;/m0...../s1. The molecule has 4 N–H and O–H groups in total. The first kappa shape index (κ1) is 107. The van der Waals surface area contributed by atoms with Crippen LogP contribution >= 0.6 is 0 Å². The zero-order valence-electron chi connectivity index (χ0n) is 85.9. The lowest BCUT2D eigenvalue weighted by Crippen LogP contribution is -2.38. The minimum atomic E-state index is -0.758. The van der Waals surface area contributed by atoms with Crippen LogP contribution in [0, 0.1) is 74.5 Å². The third-order valence-corrected chi connectivity index (χ3v) is 29.8. The maximum Gasteiger partial charge on any atom is 0.409 e. The fraction of sp³-hybridized carbons (Fsp3) is 0.429. The molecule has 788 valence electrons. The van der Waals surface area contributed by atoms with Crippen LogP contribution in [0.25, 0.3) is 44.7 Å². The minimum Gasteiger partial charge on any atom is -0.493 e. The molecule has 21 rings (SSSR count). The van der Waals surface area contributed by atoms with Crippen molar-refractivity contribution in [2.45, 2.75) is 218 Å². The van der Waals surface area contributed by atoms with Gasteiger partial charge in [0.2, 0.25) is 0 Å². The van der Waals surface area contributed by atoms with E-state index in [9.17, 15) is 64.2 Å². The summed E-state index contributed by atoms with van der Waals surface area (Å²) in [5.41, 5.74) is 5.41. The van der Waals surface area contributed by atoms with E-state index in [4.69, 9.17) is 51.9 Å². The molecule has 5 unspecified atom stereocenters. The molecule has 2 saturated heterocycles. The summed E-state index contributed by atoms with van der Waals surface area (Å²) in [7, 11) is 7.95. The number of nitriles is 1. The van der Waals surface area contributed by atoms with E-state index in [1.165, 1.54) is 104 Å². The summed E-state index contributed by atoms with van der Waals surface area (Å²) in [6.07, 6.45) is 26.2. The molecule has 8 aliphatic rings. The van der Waals surface area contributed by atoms with Crippen LogP contribution in [0.15, 0.2) is 212 Å². The number of carbonyl (C=O) groups excluding carboxylic acids is 2. The Morgan fingerprint density at radius 3 is 1.89 bits per heavy atom. The van der Waals surface area contributed by atoms with Crippen LogP contribution in [0.3, 0.4) is 0 Å². The number of nitro benzene ring substituents is 2. The first-order valence-corrected chi connectivity index (χ1v) is 50.9. The second-order valence-corrected chi connectivity index (χ2v) is 39.7. The molecular formula is C112H127N15O23. The van der Waals surface area contributed by atoms with Crippen LogP contribution in [0.1, 0.15) is 188 Å². The molecule has 150 heavy (non-hydrogen) atoms. The molecule has 7 atom stereocenters. The van der Waals surface area contributed by atoms with Crippen LogP contribution in [-0.2, 0) is 44.1 Å². The maximum atomic E-state index is 13.1. The molecule has 6 aliphatic carbocycles. The number of fused-ring (bicyclic) bond motifs is 4. The van der Waals surface area contributed by atoms with Crippen molar-refractivity contribution in [3.05, 3.63) is 284 Å². The first-order valence-electron chi connectivity index (χ1n) is 50.9. The van der Waals surface area contributed by atoms with Gasteiger partial charge in [-0.15, -0.1) is 0 Å². The summed E-state index contributed by atoms with van der Waals surface area (Å²) in [5, 5.41) is 53.4. The average Bonchev–Trinajstić information content (AvgIpc) is 1.48. The Kier molecular flexibility index (Phi) is 34.4. The van der Waals surface area contributed by atoms with Crippen LogP contribution < -0.4 is 65.7 Å². The molecule has 6 aromatic heterocycles. The van der Waals surface area contributed by atoms with Crippen molar-refractivity contribution in [1.29, 1.82) is 5.26 Å². The third-order valence-electron chi connectivity index (χ3n) is 29.8. The summed E-state index contributed by atoms with van der Waals surface area (Å²) >= 11 is 0. The molecule has 8 fully saturated rings. The number of hydrogen-bond acceptors (Lipinski definition) is 28. The van der Waals surface area contributed by atoms with Gasteiger partial charge in [0.25, 0.3) is 22.5 Å². The lowest BCUT2D eigenvalue weighted by atomic mass is 9.67. The van der Waals surface area contributed by atoms with E-state index in [1.807, 2.05) is 81.4 Å². The molecule has 7 aromatic carbocycles. The monoisotopic (exact) mass is 2050 g/mol. The van der Waals surface area contributed by atoms with Gasteiger partial charge in [0.1, 0.15) is 40.6 Å². The topological polar surface area (TPSA) is 473 Å². The molecule has 38 nitrogen and oxygen atoms in total. The smallest absolute Gasteiger partial charge is 0.409 e. The number of ketones is 1. The van der Waals surface area contributed by atoms with Crippen molar-refractivity contribution in [2.75, 3.05) is 67.2 Å². The number of pyridine rings is 1. The number of H-pyrrole nitrogens is 2. The van der Waals surface area contributed by atoms with Gasteiger partial charge in [-0.1, -0.05) is 79.7 Å². The van der Waals surface area contributed by atoms with Crippen LogP contribution in [0.5, 0.6) is 46.0 Å². The molecule has 2 aliphatic heterocycles. The van der Waals surface area contributed by atoms with Gasteiger partial charge < -0.3 is 77.2 Å². The van der Waals surface area contributed by atoms with Crippen LogP contribution in [0.2, 0.25) is 0 Å². The number of methoxy groups -OCH3 is 5. The van der Waals surface area contributed by atoms with Crippen LogP contribution in [0.4, 0.5) is 21.9 Å². The quantitative estimate of drug-likeness (QED) is 0.0250. The van der Waals surface area contributed by atoms with Crippen molar-refractivity contribution < 1.29 is 81.2 Å². The SMILES string of the molecule is COC(=O)N1C[C@@H](c2ccc(OC)c(OC3CCCC3)c2)[C@](C)(C(C)=O)C1.COc1ccc(C(C)Cn2cc[nH]c2=O)cc1OC1CC2CCC1C2.COc1ccc(C2(C#N)CCC(C(=O)O)CC2)cc1OC1CCCC1.COc1ccc(CNc2c(C)noc2C)cc1OC1CCOC1.O=c1c2[nH]cnc2n(-c2cccc([N+](=O)[O-])c2)c(=O)n1-c1ccccc1.O=c1c2cccnc2c(-c2cccc([N+](=O)[O-])c2)nn1CC1CC1. The number of amides is 1. The summed E-state index contributed by atoms with van der Waals surface area (Å²) in [6, 6.07) is 49.8. The number of carbonyl (C=O) groups is 3. The number of ether oxygens (including phenoxy) is 10. The number of nitro groups is 2. The Morgan fingerprint density at radius 1 is 0.653 bits per heavy atom. The summed E-state index contributed by atoms with van der Waals surface area (Å²) < 4.78 is 67.3. The second kappa shape index (κ2) is 48.4. The van der Waals surface area contributed by atoms with Gasteiger partial charge >= 0.3 is 23.4 Å². The molecule has 0 spiro atoms. The lowest BCUT2D eigenvalue weighted by Gasteiger charge is -2.34. The lowest BCUT2D eigenvalue weighted by molar-refractivity contribution is -0.385. The number of benzene rings is 7. The Bertz CT molecular complexity index is 7260. The van der Waals surface area contributed by atoms with Crippen LogP contribution in [-0.4, -0.2) is 173 Å². The van der Waals surface area contributed by atoms with E-state index in [2.05, 4.69) is 60.6 Å². The fourth-order valence-electron chi connectivity index (χ4n) is 21.0. The van der Waals surface area contributed by atoms with E-state index >= 15 is 0 Å². The van der Waals surface area contributed by atoms with E-state index in [1.54, 1.807) is 124 Å². The van der Waals surface area contributed by atoms with E-state index < -0.39 is 44.0 Å². The van der Waals surface area contributed by atoms with Gasteiger partial charge in [-0.05, 0) is 261 Å². The van der Waals surface area contributed by atoms with Crippen molar-refractivity contribution in [3.8, 4) is 74.7 Å². The summed E-state index contributed by atoms with van der Waals surface area (Å²) in [6.45, 7) is 13.5. The molecule has 6 saturated carbocycles. The number of nitrogens with one attached hydrogen (secondary N) is 3. The summed E-state index contributed by atoms with van der Waals surface area (Å²) in [4.78, 5) is 122. The number of carboxylic acids is 1. The molecule has 38 heteroatoms. The zero-order chi connectivity index (χ0) is 106. The summed E-state index contributed by atoms with van der Waals surface area (Å²) in [5.74, 6) is 7.78. The number of Topliss-reactive ketones (excluding diaryl/α,β-unsaturated/α-hetero) is 1. The molecule has 8 heterocycles. The van der Waals surface area contributed by atoms with Crippen molar-refractivity contribution in [3.63, 3.8) is 0 Å². The first-order chi connectivity index (χ1) is 72.5. The number of hydrogen-bond donors (Lipinski definition) is 4. The minimum absolute atomic E-state index is 0.0154. The Morgan fingerprint density at radius 2 is 1.29 bits per heavy atom. The van der Waals surface area contributed by atoms with Gasteiger partial charge in [-0.2, -0.15) is 10.4 Å². The predicted octanol–water partition coefficient (Wildman–Crippen LogP) is 19.0. The number of aromatic nitrogens is 10. The number of carboxylic acid groups (broad SMARTS) is 1. The number of aromatic amines is 2. The average molecular weight is 2050 g/mol. The van der Waals surface area contributed by atoms with Gasteiger partial charge in [0.05, 0.1) is 117 Å². The van der Waals surface area contributed by atoms with Gasteiger partial charge in [-0.3, -0.25) is 49.0 Å². The molecule has 0 radical (unpaired) electrons. The zero-order valence-corrected chi connectivity index (χ0v) is 85.9. The second-order valence-electron chi connectivity index (χ2n) is 39.7. The molecule has 2 bridgehead atoms. The fourth-order valence-corrected chi connectivity index (χ4v) is 21.0. The number of likely N-dealkylation sites (tertiary alicyclic amines) is 1. The van der Waals surface area contributed by atoms with E-state index in [0.29, 0.717) is 134 Å². The highest BCUT2D eigenvalue weighted by molar-refractivity contribution is 5.91. The highest BCUT2D eigenvalue weighted by Gasteiger charge is 2.50. The largest absolute Gasteiger partial charge is 0.493 e. The van der Waals surface area contributed by atoms with E-state index in [-0.39, 0.29) is 81.3 Å². The number of nitrogens with zero attached hydrogens (tertiary/aromatic N) is 12. The Labute approximate surface area is 865 Å². The van der Waals surface area contributed by atoms with Gasteiger partial charge in [0.15, 0.2) is 62.9 Å². The van der Waals surface area contributed by atoms with Crippen molar-refractivity contribution >= 4 is 57.0 Å². The van der Waals surface area contributed by atoms with Gasteiger partial charge in [0, 0.05) is 93.5 Å². The number of aliphatic carboxylic acids is 1. The van der Waals surface area contributed by atoms with Crippen molar-refractivity contribution in [2.24, 2.45) is 29.1 Å².